The van der Waals surface area contributed by atoms with E-state index in [4.69, 9.17) is 5.11 Å². The second-order valence-corrected chi connectivity index (χ2v) is 4.23. The number of nitrogens with one attached hydrogen (secondary N) is 1. The molecular weight excluding hydrogens is 278 g/mol. The third-order valence-corrected chi connectivity index (χ3v) is 2.76. The molecule has 0 atom stereocenters. The number of anilines is 1. The lowest BCUT2D eigenvalue weighted by Gasteiger charge is -2.08. The molecule has 110 valence electrons. The Kier molecular flexibility index (Phi) is 4.44. The molecule has 0 bridgehead atoms. The van der Waals surface area contributed by atoms with Gasteiger partial charge in [-0.05, 0) is 6.42 Å². The molecule has 0 saturated heterocycles. The number of carbonyl (C=O) groups is 1. The predicted molar refractivity (Wildman–Crippen MR) is 73.2 cm³/mol. The lowest BCUT2D eigenvalue weighted by Crippen LogP contribution is -2.11. The van der Waals surface area contributed by atoms with Crippen LogP contribution in [0.2, 0.25) is 0 Å². The van der Waals surface area contributed by atoms with Gasteiger partial charge in [-0.25, -0.2) is 14.8 Å². The minimum Gasteiger partial charge on any atom is -0.478 e. The molecule has 0 amide bonds. The summed E-state index contributed by atoms with van der Waals surface area (Å²) in [7, 11) is 0. The van der Waals surface area contributed by atoms with Crippen molar-refractivity contribution in [2.75, 3.05) is 11.9 Å². The number of rotatable bonds is 7. The summed E-state index contributed by atoms with van der Waals surface area (Å²) >= 11 is 0. The van der Waals surface area contributed by atoms with Gasteiger partial charge < -0.3 is 15.0 Å². The molecule has 2 rings (SSSR count). The summed E-state index contributed by atoms with van der Waals surface area (Å²) < 4.78 is 1.89. The van der Waals surface area contributed by atoms with Crippen molar-refractivity contribution in [3.63, 3.8) is 0 Å². The number of aryl methyl sites for hydroxylation is 1. The molecule has 0 aliphatic heterocycles. The Labute approximate surface area is 119 Å². The molecule has 9 heteroatoms. The van der Waals surface area contributed by atoms with Gasteiger partial charge in [0.05, 0.1) is 11.3 Å². The second kappa shape index (κ2) is 6.46. The maximum absolute atomic E-state index is 11.1. The van der Waals surface area contributed by atoms with E-state index in [2.05, 4.69) is 15.3 Å². The van der Waals surface area contributed by atoms with Gasteiger partial charge in [0.15, 0.2) is 0 Å². The average Bonchev–Trinajstić information content (AvgIpc) is 2.96. The monoisotopic (exact) mass is 291 g/mol. The van der Waals surface area contributed by atoms with Crippen LogP contribution in [0.1, 0.15) is 16.8 Å². The Morgan fingerprint density at radius 1 is 1.52 bits per heavy atom. The molecule has 21 heavy (non-hydrogen) atoms. The van der Waals surface area contributed by atoms with Gasteiger partial charge in [0.1, 0.15) is 17.6 Å². The molecule has 0 aromatic carbocycles. The summed E-state index contributed by atoms with van der Waals surface area (Å²) in [5.41, 5.74) is -0.566. The number of nitrogens with zero attached hydrogens (tertiary/aromatic N) is 4. The summed E-state index contributed by atoms with van der Waals surface area (Å²) in [6.45, 7) is 1.21. The summed E-state index contributed by atoms with van der Waals surface area (Å²) in [5.74, 6) is -1.14. The van der Waals surface area contributed by atoms with Crippen LogP contribution in [-0.4, -0.2) is 37.1 Å². The maximum Gasteiger partial charge on any atom is 0.339 e. The highest BCUT2D eigenvalue weighted by Crippen LogP contribution is 2.19. The molecule has 0 aliphatic rings. The van der Waals surface area contributed by atoms with Crippen LogP contribution in [0.25, 0.3) is 0 Å². The van der Waals surface area contributed by atoms with Gasteiger partial charge in [0, 0.05) is 31.5 Å². The Morgan fingerprint density at radius 2 is 2.33 bits per heavy atom. The summed E-state index contributed by atoms with van der Waals surface area (Å²) in [5, 5.41) is 22.6. The van der Waals surface area contributed by atoms with Crippen LogP contribution in [0.15, 0.2) is 31.0 Å². The Balaban J connectivity index is 1.98. The number of carboxylic acid groups (broad SMARTS) is 1. The van der Waals surface area contributed by atoms with Gasteiger partial charge in [0.2, 0.25) is 0 Å². The number of imidazole rings is 1. The highest BCUT2D eigenvalue weighted by Gasteiger charge is 2.17. The van der Waals surface area contributed by atoms with Crippen molar-refractivity contribution in [1.29, 1.82) is 0 Å². The molecule has 0 aliphatic carbocycles. The summed E-state index contributed by atoms with van der Waals surface area (Å²) in [6, 6.07) is 0.994. The van der Waals surface area contributed by atoms with E-state index in [1.807, 2.05) is 10.8 Å². The number of hydrogen-bond acceptors (Lipinski definition) is 6. The molecule has 2 aromatic heterocycles. The van der Waals surface area contributed by atoms with Crippen molar-refractivity contribution in [3.05, 3.63) is 46.7 Å². The SMILES string of the molecule is O=C(O)c1cc([N+](=O)[O-])cnc1NCCCn1ccnc1. The van der Waals surface area contributed by atoms with Crippen LogP contribution in [0.4, 0.5) is 11.5 Å². The quantitative estimate of drug-likeness (QED) is 0.448. The number of hydrogen-bond donors (Lipinski definition) is 2. The first kappa shape index (κ1) is 14.4. The summed E-state index contributed by atoms with van der Waals surface area (Å²) in [6.07, 6.45) is 6.95. The van der Waals surface area contributed by atoms with E-state index < -0.39 is 10.9 Å². The van der Waals surface area contributed by atoms with Crippen molar-refractivity contribution < 1.29 is 14.8 Å². The number of aromatic nitrogens is 3. The van der Waals surface area contributed by atoms with Crippen LogP contribution in [0.5, 0.6) is 0 Å². The Hall–Kier alpha value is -2.97. The standard InChI is InChI=1S/C12H13N5O4/c18-12(19)10-6-9(17(20)21)7-15-11(10)14-2-1-4-16-5-3-13-8-16/h3,5-8H,1-2,4H2,(H,14,15)(H,18,19). The first-order valence-corrected chi connectivity index (χ1v) is 6.15. The van der Waals surface area contributed by atoms with Crippen molar-refractivity contribution >= 4 is 17.5 Å². The molecule has 0 saturated carbocycles. The van der Waals surface area contributed by atoms with Crippen LogP contribution in [0.3, 0.4) is 0 Å². The minimum absolute atomic E-state index is 0.124. The van der Waals surface area contributed by atoms with E-state index in [-0.39, 0.29) is 17.1 Å². The molecule has 0 unspecified atom stereocenters. The van der Waals surface area contributed by atoms with Crippen molar-refractivity contribution in [2.45, 2.75) is 13.0 Å². The highest BCUT2D eigenvalue weighted by molar-refractivity contribution is 5.93. The van der Waals surface area contributed by atoms with E-state index in [0.29, 0.717) is 6.54 Å². The molecule has 2 N–H and O–H groups in total. The number of pyridine rings is 1. The van der Waals surface area contributed by atoms with Crippen molar-refractivity contribution in [1.82, 2.24) is 14.5 Å². The van der Waals surface area contributed by atoms with E-state index in [1.54, 1.807) is 12.5 Å². The number of aromatic carboxylic acids is 1. The van der Waals surface area contributed by atoms with E-state index in [1.165, 1.54) is 0 Å². The molecule has 0 radical (unpaired) electrons. The third kappa shape index (κ3) is 3.75. The molecule has 2 aromatic rings. The Bertz CT molecular complexity index is 641. The van der Waals surface area contributed by atoms with E-state index in [0.717, 1.165) is 25.2 Å². The third-order valence-electron chi connectivity index (χ3n) is 2.76. The smallest absolute Gasteiger partial charge is 0.339 e. The first-order chi connectivity index (χ1) is 10.1. The van der Waals surface area contributed by atoms with Crippen LogP contribution >= 0.6 is 0 Å². The first-order valence-electron chi connectivity index (χ1n) is 6.15. The van der Waals surface area contributed by atoms with E-state index in [9.17, 15) is 14.9 Å². The van der Waals surface area contributed by atoms with Crippen LogP contribution in [0, 0.1) is 10.1 Å². The lowest BCUT2D eigenvalue weighted by atomic mass is 10.2. The molecular formula is C12H13N5O4. The second-order valence-electron chi connectivity index (χ2n) is 4.23. The topological polar surface area (TPSA) is 123 Å². The van der Waals surface area contributed by atoms with Crippen molar-refractivity contribution in [3.8, 4) is 0 Å². The zero-order valence-corrected chi connectivity index (χ0v) is 11.0. The van der Waals surface area contributed by atoms with Crippen LogP contribution in [-0.2, 0) is 6.54 Å². The predicted octanol–water partition coefficient (Wildman–Crippen LogP) is 1.39. The lowest BCUT2D eigenvalue weighted by molar-refractivity contribution is -0.385. The largest absolute Gasteiger partial charge is 0.478 e. The zero-order chi connectivity index (χ0) is 15.2. The molecule has 0 fully saturated rings. The van der Waals surface area contributed by atoms with Crippen LogP contribution < -0.4 is 5.32 Å². The number of nitro groups is 1. The fourth-order valence-corrected chi connectivity index (χ4v) is 1.74. The van der Waals surface area contributed by atoms with Gasteiger partial charge in [-0.3, -0.25) is 10.1 Å². The van der Waals surface area contributed by atoms with Gasteiger partial charge in [0.25, 0.3) is 5.69 Å². The summed E-state index contributed by atoms with van der Waals surface area (Å²) in [4.78, 5) is 28.8. The van der Waals surface area contributed by atoms with Crippen molar-refractivity contribution in [2.24, 2.45) is 0 Å². The maximum atomic E-state index is 11.1. The minimum atomic E-state index is -1.26. The number of carboxylic acids is 1. The average molecular weight is 291 g/mol. The van der Waals surface area contributed by atoms with Gasteiger partial charge in [-0.2, -0.15) is 0 Å². The normalized spacial score (nSPS) is 10.3. The van der Waals surface area contributed by atoms with Gasteiger partial charge in [-0.1, -0.05) is 0 Å². The molecule has 0 spiro atoms. The zero-order valence-electron chi connectivity index (χ0n) is 11.0. The Morgan fingerprint density at radius 3 is 2.95 bits per heavy atom. The van der Waals surface area contributed by atoms with Gasteiger partial charge in [-0.15, -0.1) is 0 Å². The van der Waals surface area contributed by atoms with E-state index >= 15 is 0 Å². The van der Waals surface area contributed by atoms with Gasteiger partial charge >= 0.3 is 5.97 Å². The molecule has 2 heterocycles. The fraction of sp³-hybridized carbons (Fsp3) is 0.250. The molecule has 9 nitrogen and oxygen atoms in total. The fourth-order valence-electron chi connectivity index (χ4n) is 1.74. The highest BCUT2D eigenvalue weighted by atomic mass is 16.6.